The average Bonchev–Trinajstić information content (AvgIpc) is 3.26. The molecule has 0 aliphatic heterocycles. The summed E-state index contributed by atoms with van der Waals surface area (Å²) in [6.45, 7) is 0. The molecule has 2 heterocycles. The van der Waals surface area contributed by atoms with E-state index in [1.165, 1.54) is 0 Å². The minimum Gasteiger partial charge on any atom is -0.508 e. The van der Waals surface area contributed by atoms with Crippen molar-refractivity contribution in [3.63, 3.8) is 0 Å². The summed E-state index contributed by atoms with van der Waals surface area (Å²) in [6, 6.07) is 20.6. The Kier molecular flexibility index (Phi) is 3.56. The minimum atomic E-state index is 0.216. The lowest BCUT2D eigenvalue weighted by Crippen LogP contribution is -1.95. The van der Waals surface area contributed by atoms with Crippen LogP contribution in [0.4, 0.5) is 0 Å². The van der Waals surface area contributed by atoms with Crippen LogP contribution in [-0.2, 0) is 0 Å². The summed E-state index contributed by atoms with van der Waals surface area (Å²) in [5.74, 6) is 0.759. The van der Waals surface area contributed by atoms with Crippen LogP contribution < -0.4 is 0 Å². The molecule has 0 amide bonds. The Morgan fingerprint density at radius 1 is 1.08 bits per heavy atom. The second kappa shape index (κ2) is 6.02. The van der Waals surface area contributed by atoms with Gasteiger partial charge in [0.05, 0.1) is 16.6 Å². The molecule has 2 aromatic carbocycles. The first kappa shape index (κ1) is 14.8. The predicted molar refractivity (Wildman–Crippen MR) is 97.0 cm³/mol. The number of nitriles is 1. The molecular weight excluding hydrogens is 312 g/mol. The predicted octanol–water partition coefficient (Wildman–Crippen LogP) is 4.12. The molecule has 2 aromatic heterocycles. The molecule has 5 nitrogen and oxygen atoms in total. The van der Waals surface area contributed by atoms with Gasteiger partial charge in [-0.1, -0.05) is 12.1 Å². The van der Waals surface area contributed by atoms with E-state index in [-0.39, 0.29) is 5.75 Å². The molecular formula is C20H14N4O. The maximum atomic E-state index is 9.58. The molecule has 0 unspecified atom stereocenters. The first-order valence-electron chi connectivity index (χ1n) is 7.78. The lowest BCUT2D eigenvalue weighted by Gasteiger charge is -2.07. The normalized spacial score (nSPS) is 11.6. The van der Waals surface area contributed by atoms with E-state index in [4.69, 9.17) is 0 Å². The van der Waals surface area contributed by atoms with E-state index >= 15 is 0 Å². The molecule has 4 aromatic rings. The minimum absolute atomic E-state index is 0.216. The van der Waals surface area contributed by atoms with E-state index in [1.54, 1.807) is 18.2 Å². The van der Waals surface area contributed by atoms with Crippen LogP contribution in [0.3, 0.4) is 0 Å². The van der Waals surface area contributed by atoms with Gasteiger partial charge in [-0.25, -0.2) is 4.98 Å². The van der Waals surface area contributed by atoms with E-state index in [9.17, 15) is 10.4 Å². The number of aromatic hydroxyl groups is 1. The first-order valence-corrected chi connectivity index (χ1v) is 7.78. The van der Waals surface area contributed by atoms with E-state index in [1.807, 2.05) is 59.3 Å². The fourth-order valence-corrected chi connectivity index (χ4v) is 2.74. The smallest absolute Gasteiger partial charge is 0.149 e. The van der Waals surface area contributed by atoms with Crippen molar-refractivity contribution in [3.05, 3.63) is 78.4 Å². The van der Waals surface area contributed by atoms with Crippen molar-refractivity contribution in [2.75, 3.05) is 0 Å². The van der Waals surface area contributed by atoms with Crippen molar-refractivity contribution in [3.8, 4) is 17.5 Å². The zero-order valence-corrected chi connectivity index (χ0v) is 13.2. The van der Waals surface area contributed by atoms with Crippen LogP contribution in [0.5, 0.6) is 5.75 Å². The Bertz CT molecular complexity index is 1080. The van der Waals surface area contributed by atoms with Crippen LogP contribution in [0.2, 0.25) is 0 Å². The third-order valence-corrected chi connectivity index (χ3v) is 3.97. The van der Waals surface area contributed by atoms with Crippen LogP contribution in [0.15, 0.2) is 66.9 Å². The summed E-state index contributed by atoms with van der Waals surface area (Å²) >= 11 is 0. The number of hydrogen-bond donors (Lipinski definition) is 2. The van der Waals surface area contributed by atoms with Gasteiger partial charge in [-0.2, -0.15) is 5.26 Å². The van der Waals surface area contributed by atoms with Crippen molar-refractivity contribution >= 4 is 22.7 Å². The summed E-state index contributed by atoms with van der Waals surface area (Å²) in [6.07, 6.45) is 3.70. The molecule has 4 rings (SSSR count). The maximum Gasteiger partial charge on any atom is 0.149 e. The van der Waals surface area contributed by atoms with Gasteiger partial charge in [0, 0.05) is 17.6 Å². The molecule has 120 valence electrons. The van der Waals surface area contributed by atoms with Crippen LogP contribution >= 0.6 is 0 Å². The van der Waals surface area contributed by atoms with Crippen molar-refractivity contribution < 1.29 is 5.11 Å². The highest BCUT2D eigenvalue weighted by Gasteiger charge is 2.09. The molecule has 0 saturated heterocycles. The Labute approximate surface area is 144 Å². The lowest BCUT2D eigenvalue weighted by atomic mass is 10.2. The Balaban J connectivity index is 1.78. The number of allylic oxidation sites excluding steroid dienone is 1. The van der Waals surface area contributed by atoms with Gasteiger partial charge in [0.2, 0.25) is 0 Å². The van der Waals surface area contributed by atoms with Crippen molar-refractivity contribution in [2.24, 2.45) is 0 Å². The number of hydrogen-bond acceptors (Lipinski definition) is 3. The van der Waals surface area contributed by atoms with Crippen molar-refractivity contribution in [1.82, 2.24) is 14.5 Å². The highest BCUT2D eigenvalue weighted by molar-refractivity contribution is 5.90. The molecule has 2 N–H and O–H groups in total. The molecule has 0 spiro atoms. The average molecular weight is 326 g/mol. The quantitative estimate of drug-likeness (QED) is 0.556. The number of nitrogens with zero attached hydrogens (tertiary/aromatic N) is 3. The maximum absolute atomic E-state index is 9.58. The van der Waals surface area contributed by atoms with E-state index < -0.39 is 0 Å². The third kappa shape index (κ3) is 2.77. The molecule has 0 saturated carbocycles. The SMILES string of the molecule is N#C/C(=C/c1cccn1-c1ccc(O)cc1)c1nc2ccccc2[nH]1. The molecule has 0 radical (unpaired) electrons. The highest BCUT2D eigenvalue weighted by atomic mass is 16.3. The highest BCUT2D eigenvalue weighted by Crippen LogP contribution is 2.22. The second-order valence-corrected chi connectivity index (χ2v) is 5.59. The number of aromatic amines is 1. The topological polar surface area (TPSA) is 77.6 Å². The van der Waals surface area contributed by atoms with Gasteiger partial charge >= 0.3 is 0 Å². The summed E-state index contributed by atoms with van der Waals surface area (Å²) in [7, 11) is 0. The number of fused-ring (bicyclic) bond motifs is 1. The summed E-state index contributed by atoms with van der Waals surface area (Å²) in [5, 5.41) is 19.0. The molecule has 0 aliphatic rings. The van der Waals surface area contributed by atoms with Gasteiger partial charge in [-0.15, -0.1) is 0 Å². The number of para-hydroxylation sites is 2. The van der Waals surface area contributed by atoms with Gasteiger partial charge in [0.1, 0.15) is 17.6 Å². The van der Waals surface area contributed by atoms with Gasteiger partial charge in [-0.05, 0) is 54.6 Å². The number of imidazole rings is 1. The van der Waals surface area contributed by atoms with E-state index in [0.717, 1.165) is 22.4 Å². The number of phenolic OH excluding ortho intramolecular Hbond substituents is 1. The van der Waals surface area contributed by atoms with Gasteiger partial charge in [0.15, 0.2) is 0 Å². The molecule has 25 heavy (non-hydrogen) atoms. The second-order valence-electron chi connectivity index (χ2n) is 5.59. The molecule has 5 heteroatoms. The van der Waals surface area contributed by atoms with Gasteiger partial charge in [-0.3, -0.25) is 0 Å². The largest absolute Gasteiger partial charge is 0.508 e. The van der Waals surface area contributed by atoms with Crippen LogP contribution in [-0.4, -0.2) is 19.6 Å². The lowest BCUT2D eigenvalue weighted by molar-refractivity contribution is 0.475. The van der Waals surface area contributed by atoms with Gasteiger partial charge in [0.25, 0.3) is 0 Å². The Morgan fingerprint density at radius 2 is 1.88 bits per heavy atom. The molecule has 0 fully saturated rings. The number of H-pyrrole nitrogens is 1. The number of nitrogens with one attached hydrogen (secondary N) is 1. The summed E-state index contributed by atoms with van der Waals surface area (Å²) in [4.78, 5) is 7.67. The first-order chi connectivity index (χ1) is 12.2. The van der Waals surface area contributed by atoms with Crippen LogP contribution in [0.1, 0.15) is 11.5 Å². The van der Waals surface area contributed by atoms with E-state index in [2.05, 4.69) is 16.0 Å². The number of benzene rings is 2. The third-order valence-electron chi connectivity index (χ3n) is 3.97. The molecule has 0 bridgehead atoms. The summed E-state index contributed by atoms with van der Waals surface area (Å²) in [5.41, 5.74) is 3.92. The zero-order valence-electron chi connectivity index (χ0n) is 13.2. The van der Waals surface area contributed by atoms with Crippen molar-refractivity contribution in [2.45, 2.75) is 0 Å². The summed E-state index contributed by atoms with van der Waals surface area (Å²) < 4.78 is 1.94. The van der Waals surface area contributed by atoms with Crippen molar-refractivity contribution in [1.29, 1.82) is 5.26 Å². The standard InChI is InChI=1S/C20H14N4O/c21-13-14(20-22-18-5-1-2-6-19(18)23-20)12-16-4-3-11-24(16)15-7-9-17(25)10-8-15/h1-12,25H,(H,22,23)/b14-12-. The molecule has 0 atom stereocenters. The Morgan fingerprint density at radius 3 is 2.64 bits per heavy atom. The zero-order chi connectivity index (χ0) is 17.2. The van der Waals surface area contributed by atoms with E-state index in [0.29, 0.717) is 11.4 Å². The van der Waals surface area contributed by atoms with Crippen LogP contribution in [0.25, 0.3) is 28.4 Å². The number of aromatic nitrogens is 3. The monoisotopic (exact) mass is 326 g/mol. The number of phenols is 1. The molecule has 0 aliphatic carbocycles. The fourth-order valence-electron chi connectivity index (χ4n) is 2.74. The van der Waals surface area contributed by atoms with Crippen LogP contribution in [0, 0.1) is 11.3 Å². The number of rotatable bonds is 3. The van der Waals surface area contributed by atoms with Gasteiger partial charge < -0.3 is 14.7 Å². The Hall–Kier alpha value is -3.78. The fraction of sp³-hybridized carbons (Fsp3) is 0.